The van der Waals surface area contributed by atoms with Gasteiger partial charge >= 0.3 is 0 Å². The van der Waals surface area contributed by atoms with Crippen LogP contribution in [0.2, 0.25) is 0 Å². The molecule has 0 radical (unpaired) electrons. The zero-order chi connectivity index (χ0) is 43.5. The number of hydrogen-bond donors (Lipinski definition) is 0. The average molecular weight is 836 g/mol. The van der Waals surface area contributed by atoms with Crippen molar-refractivity contribution in [2.75, 3.05) is 13.6 Å². The van der Waals surface area contributed by atoms with Crippen LogP contribution >= 0.6 is 0 Å². The molecule has 12 rings (SSSR count). The van der Waals surface area contributed by atoms with Gasteiger partial charge in [0.15, 0.2) is 5.84 Å². The highest BCUT2D eigenvalue weighted by molar-refractivity contribution is 6.14. The van der Waals surface area contributed by atoms with Crippen molar-refractivity contribution in [3.8, 4) is 55.6 Å². The molecule has 0 saturated carbocycles. The van der Waals surface area contributed by atoms with Gasteiger partial charge in [-0.05, 0) is 146 Å². The molecule has 3 heteroatoms. The topological polar surface area (TPSA) is 28.0 Å². The summed E-state index contributed by atoms with van der Waals surface area (Å²) in [5, 5.41) is 0. The molecular weight excluding hydrogens is 787 g/mol. The fourth-order valence-electron chi connectivity index (χ4n) is 11.2. The Morgan fingerprint density at radius 3 is 1.72 bits per heavy atom. The molecule has 8 aromatic rings. The van der Waals surface area contributed by atoms with Gasteiger partial charge in [-0.1, -0.05) is 188 Å². The molecule has 1 heterocycles. The van der Waals surface area contributed by atoms with Gasteiger partial charge in [0.25, 0.3) is 0 Å². The van der Waals surface area contributed by atoms with Gasteiger partial charge < -0.3 is 0 Å². The van der Waals surface area contributed by atoms with Crippen molar-refractivity contribution in [1.82, 2.24) is 4.90 Å². The number of nitrogens with zero attached hydrogens (tertiary/aromatic N) is 3. The first-order valence-electron chi connectivity index (χ1n) is 23.1. The zero-order valence-electron chi connectivity index (χ0n) is 36.9. The fraction of sp³-hybridized carbons (Fsp3) is 0.129. The van der Waals surface area contributed by atoms with Gasteiger partial charge in [-0.2, -0.15) is 0 Å². The van der Waals surface area contributed by atoms with Crippen LogP contribution in [0.15, 0.2) is 222 Å². The normalized spacial score (nSPS) is 17.0. The molecule has 0 bridgehead atoms. The monoisotopic (exact) mass is 835 g/mol. The third kappa shape index (κ3) is 6.45. The summed E-state index contributed by atoms with van der Waals surface area (Å²) in [4.78, 5) is 13.2. The first-order valence-corrected chi connectivity index (χ1v) is 23.1. The second-order valence-electron chi connectivity index (χ2n) is 18.0. The van der Waals surface area contributed by atoms with Crippen molar-refractivity contribution in [2.24, 2.45) is 9.98 Å². The summed E-state index contributed by atoms with van der Waals surface area (Å²) in [5.41, 5.74) is 23.1. The lowest BCUT2D eigenvalue weighted by molar-refractivity contribution is 0.322. The molecule has 4 aliphatic rings. The highest BCUT2D eigenvalue weighted by Crippen LogP contribution is 2.63. The van der Waals surface area contributed by atoms with E-state index in [1.807, 2.05) is 0 Å². The SMILES string of the molecule is Cc1c(-c2cccc(C3=NC(C4=CCCCC=C4)N(C)CC(c4ccccc4)=N3)c2)cccc1-c1ccc2c(c1)C1(c3ccccc3-c3ccccc31)c1cc(-c3ccccc3)ccc1-2. The molecule has 0 fully saturated rings. The van der Waals surface area contributed by atoms with E-state index in [9.17, 15) is 0 Å². The summed E-state index contributed by atoms with van der Waals surface area (Å²) in [6.07, 6.45) is 10.1. The van der Waals surface area contributed by atoms with Crippen molar-refractivity contribution in [3.05, 3.63) is 251 Å². The van der Waals surface area contributed by atoms with Gasteiger partial charge in [0.1, 0.15) is 6.17 Å². The van der Waals surface area contributed by atoms with E-state index in [1.54, 1.807) is 0 Å². The molecule has 1 atom stereocenters. The van der Waals surface area contributed by atoms with E-state index in [4.69, 9.17) is 9.98 Å². The maximum absolute atomic E-state index is 5.47. The van der Waals surface area contributed by atoms with Crippen molar-refractivity contribution < 1.29 is 0 Å². The fourth-order valence-corrected chi connectivity index (χ4v) is 11.2. The predicted molar refractivity (Wildman–Crippen MR) is 271 cm³/mol. The number of rotatable bonds is 6. The molecule has 3 aliphatic carbocycles. The van der Waals surface area contributed by atoms with Gasteiger partial charge in [0.05, 0.1) is 11.1 Å². The van der Waals surface area contributed by atoms with Crippen LogP contribution in [-0.4, -0.2) is 36.2 Å². The highest BCUT2D eigenvalue weighted by Gasteiger charge is 2.51. The maximum atomic E-state index is 5.47. The lowest BCUT2D eigenvalue weighted by Gasteiger charge is -2.31. The Kier molecular flexibility index (Phi) is 9.61. The molecule has 0 saturated heterocycles. The van der Waals surface area contributed by atoms with Crippen molar-refractivity contribution in [1.29, 1.82) is 0 Å². The quantitative estimate of drug-likeness (QED) is 0.164. The third-order valence-corrected chi connectivity index (χ3v) is 14.2. The molecule has 8 aromatic carbocycles. The van der Waals surface area contributed by atoms with E-state index in [-0.39, 0.29) is 6.17 Å². The van der Waals surface area contributed by atoms with Crippen LogP contribution in [0, 0.1) is 6.92 Å². The minimum Gasteiger partial charge on any atom is -0.275 e. The Bertz CT molecular complexity index is 3250. The maximum Gasteiger partial charge on any atom is 0.156 e. The highest BCUT2D eigenvalue weighted by atomic mass is 15.3. The molecule has 65 heavy (non-hydrogen) atoms. The second-order valence-corrected chi connectivity index (χ2v) is 18.0. The molecule has 1 spiro atoms. The van der Waals surface area contributed by atoms with Crippen molar-refractivity contribution in [3.63, 3.8) is 0 Å². The lowest BCUT2D eigenvalue weighted by Crippen LogP contribution is -2.35. The van der Waals surface area contributed by atoms with Crippen LogP contribution in [0.3, 0.4) is 0 Å². The van der Waals surface area contributed by atoms with Crippen LogP contribution in [-0.2, 0) is 5.41 Å². The zero-order valence-corrected chi connectivity index (χ0v) is 36.9. The molecule has 3 nitrogen and oxygen atoms in total. The summed E-state index contributed by atoms with van der Waals surface area (Å²) in [6.45, 7) is 2.98. The largest absolute Gasteiger partial charge is 0.275 e. The summed E-state index contributed by atoms with van der Waals surface area (Å²) in [6, 6.07) is 69.6. The lowest BCUT2D eigenvalue weighted by atomic mass is 9.70. The minimum atomic E-state index is -0.453. The van der Waals surface area contributed by atoms with Crippen LogP contribution in [0.5, 0.6) is 0 Å². The molecule has 1 unspecified atom stereocenters. The van der Waals surface area contributed by atoms with E-state index >= 15 is 0 Å². The molecule has 0 N–H and O–H groups in total. The first kappa shape index (κ1) is 39.2. The number of aliphatic imine (C=N–C) groups is 2. The first-order chi connectivity index (χ1) is 32.1. The average Bonchev–Trinajstić information content (AvgIpc) is 3.53. The molecule has 0 amide bonds. The smallest absolute Gasteiger partial charge is 0.156 e. The van der Waals surface area contributed by atoms with Crippen LogP contribution in [0.25, 0.3) is 55.6 Å². The Morgan fingerprint density at radius 1 is 0.477 bits per heavy atom. The number of fused-ring (bicyclic) bond motifs is 10. The van der Waals surface area contributed by atoms with Gasteiger partial charge in [-0.25, -0.2) is 9.98 Å². The number of benzene rings is 8. The molecule has 1 aliphatic heterocycles. The van der Waals surface area contributed by atoms with E-state index in [1.165, 1.54) is 83.5 Å². The molecule has 312 valence electrons. The van der Waals surface area contributed by atoms with E-state index in [2.05, 4.69) is 225 Å². The van der Waals surface area contributed by atoms with Crippen LogP contribution < -0.4 is 0 Å². The Hall–Kier alpha value is -7.46. The summed E-state index contributed by atoms with van der Waals surface area (Å²) in [5.74, 6) is 0.767. The van der Waals surface area contributed by atoms with Crippen molar-refractivity contribution >= 4 is 11.5 Å². The van der Waals surface area contributed by atoms with Crippen molar-refractivity contribution in [2.45, 2.75) is 37.8 Å². The van der Waals surface area contributed by atoms with Crippen LogP contribution in [0.4, 0.5) is 0 Å². The second kappa shape index (κ2) is 16.0. The number of allylic oxidation sites excluding steroid dienone is 2. The Balaban J connectivity index is 0.987. The van der Waals surface area contributed by atoms with Gasteiger partial charge in [-0.3, -0.25) is 4.90 Å². The molecular formula is C62H49N3. The molecule has 0 aromatic heterocycles. The van der Waals surface area contributed by atoms with Gasteiger partial charge in [0.2, 0.25) is 0 Å². The van der Waals surface area contributed by atoms with E-state index in [0.29, 0.717) is 6.54 Å². The Morgan fingerprint density at radius 2 is 1.02 bits per heavy atom. The Labute approximate surface area is 382 Å². The summed E-state index contributed by atoms with van der Waals surface area (Å²) in [7, 11) is 2.17. The standard InChI is InChI=1S/C62H49N3/c1-41-49(46-25-17-26-48(37-46)60-63-59(43-21-11-6-12-22-43)40-65(2)61(64-60)44-23-7-3-4-8-24-44)29-18-30-50(41)47-34-36-54-53-35-33-45(42-19-9-5-10-20-42)38-57(53)62(58(54)39-47)55-31-15-13-27-51(55)52-28-14-16-32-56(52)62/h5-7,9-39,61H,3-4,8,40H2,1-2H3. The number of likely N-dealkylation sites (N-methyl/N-ethyl adjacent to an activating group) is 1. The summed E-state index contributed by atoms with van der Waals surface area (Å²) >= 11 is 0. The van der Waals surface area contributed by atoms with Crippen LogP contribution in [0.1, 0.15) is 58.2 Å². The van der Waals surface area contributed by atoms with Gasteiger partial charge in [-0.15, -0.1) is 0 Å². The number of amidine groups is 1. The third-order valence-electron chi connectivity index (χ3n) is 14.2. The number of hydrogen-bond acceptors (Lipinski definition) is 3. The summed E-state index contributed by atoms with van der Waals surface area (Å²) < 4.78 is 0. The van der Waals surface area contributed by atoms with Gasteiger partial charge in [0, 0.05) is 12.1 Å². The van der Waals surface area contributed by atoms with E-state index < -0.39 is 5.41 Å². The predicted octanol–water partition coefficient (Wildman–Crippen LogP) is 14.5. The minimum absolute atomic E-state index is 0.129. The van der Waals surface area contributed by atoms with E-state index in [0.717, 1.165) is 47.5 Å².